The Morgan fingerprint density at radius 1 is 0.967 bits per heavy atom. The Morgan fingerprint density at radius 2 is 1.70 bits per heavy atom. The van der Waals surface area contributed by atoms with E-state index in [1.165, 1.54) is 0 Å². The van der Waals surface area contributed by atoms with Crippen LogP contribution < -0.4 is 34.5 Å². The van der Waals surface area contributed by atoms with E-state index in [0.29, 0.717) is 49.3 Å². The van der Waals surface area contributed by atoms with Crippen LogP contribution in [0.25, 0.3) is 0 Å². The Hall–Kier alpha value is -3.62. The van der Waals surface area contributed by atoms with Crippen LogP contribution in [0.15, 0.2) is 36.4 Å². The summed E-state index contributed by atoms with van der Waals surface area (Å²) < 4.78 is 21.7. The van der Waals surface area contributed by atoms with Crippen molar-refractivity contribution in [2.24, 2.45) is 0 Å². The molecule has 1 saturated heterocycles. The summed E-state index contributed by atoms with van der Waals surface area (Å²) >= 11 is 0. The van der Waals surface area contributed by atoms with Crippen molar-refractivity contribution in [3.05, 3.63) is 42.0 Å². The zero-order chi connectivity index (χ0) is 20.5. The summed E-state index contributed by atoms with van der Waals surface area (Å²) in [4.78, 5) is 26.4. The first-order chi connectivity index (χ1) is 14.7. The van der Waals surface area contributed by atoms with Gasteiger partial charge in [-0.1, -0.05) is 6.07 Å². The molecule has 0 aromatic heterocycles. The maximum atomic E-state index is 12.5. The average molecular weight is 411 g/mol. The van der Waals surface area contributed by atoms with Gasteiger partial charge in [0, 0.05) is 31.3 Å². The van der Waals surface area contributed by atoms with Crippen LogP contribution in [-0.2, 0) is 11.3 Å². The molecule has 3 aliphatic rings. The van der Waals surface area contributed by atoms with E-state index in [0.717, 1.165) is 11.3 Å². The van der Waals surface area contributed by atoms with E-state index < -0.39 is 0 Å². The molecule has 0 saturated carbocycles. The number of benzene rings is 2. The van der Waals surface area contributed by atoms with Gasteiger partial charge in [0.25, 0.3) is 0 Å². The second-order valence-corrected chi connectivity index (χ2v) is 7.25. The maximum absolute atomic E-state index is 12.5. The Balaban J connectivity index is 1.16. The topological polar surface area (TPSA) is 98.4 Å². The minimum absolute atomic E-state index is 0.0484. The molecular formula is C21H21N3O6. The monoisotopic (exact) mass is 411 g/mol. The van der Waals surface area contributed by atoms with Crippen molar-refractivity contribution in [3.8, 4) is 23.0 Å². The van der Waals surface area contributed by atoms with E-state index in [1.807, 2.05) is 24.3 Å². The van der Waals surface area contributed by atoms with Gasteiger partial charge in [0.15, 0.2) is 23.0 Å². The fourth-order valence-electron chi connectivity index (χ4n) is 3.72. The highest BCUT2D eigenvalue weighted by Gasteiger charge is 2.32. The number of rotatable bonds is 4. The Morgan fingerprint density at radius 3 is 2.60 bits per heavy atom. The van der Waals surface area contributed by atoms with E-state index in [1.54, 1.807) is 17.0 Å². The molecule has 0 radical (unpaired) electrons. The zero-order valence-corrected chi connectivity index (χ0v) is 16.2. The number of nitrogens with zero attached hydrogens (tertiary/aromatic N) is 1. The van der Waals surface area contributed by atoms with Gasteiger partial charge in [-0.15, -0.1) is 0 Å². The van der Waals surface area contributed by atoms with Crippen LogP contribution in [0.4, 0.5) is 10.5 Å². The first-order valence-electron chi connectivity index (χ1n) is 9.78. The lowest BCUT2D eigenvalue weighted by molar-refractivity contribution is -0.117. The predicted octanol–water partition coefficient (Wildman–Crippen LogP) is 1.79. The van der Waals surface area contributed by atoms with Gasteiger partial charge < -0.3 is 34.5 Å². The van der Waals surface area contributed by atoms with Gasteiger partial charge in [0.1, 0.15) is 13.2 Å². The highest BCUT2D eigenvalue weighted by Crippen LogP contribution is 2.35. The van der Waals surface area contributed by atoms with Crippen molar-refractivity contribution in [2.45, 2.75) is 19.0 Å². The molecule has 0 spiro atoms. The summed E-state index contributed by atoms with van der Waals surface area (Å²) in [6.07, 6.45) is 0.242. The lowest BCUT2D eigenvalue weighted by atomic mass is 10.2. The Kier molecular flexibility index (Phi) is 4.70. The van der Waals surface area contributed by atoms with Crippen LogP contribution in [-0.4, -0.2) is 44.5 Å². The number of carbonyl (C=O) groups excluding carboxylic acids is 2. The van der Waals surface area contributed by atoms with Crippen LogP contribution in [0.5, 0.6) is 23.0 Å². The molecule has 9 heteroatoms. The molecule has 3 amide bonds. The summed E-state index contributed by atoms with van der Waals surface area (Å²) in [7, 11) is 0. The van der Waals surface area contributed by atoms with E-state index in [2.05, 4.69) is 10.6 Å². The van der Waals surface area contributed by atoms with E-state index in [-0.39, 0.29) is 31.2 Å². The average Bonchev–Trinajstić information content (AvgIpc) is 3.37. The second-order valence-electron chi connectivity index (χ2n) is 7.25. The third-order valence-corrected chi connectivity index (χ3v) is 5.19. The van der Waals surface area contributed by atoms with Crippen molar-refractivity contribution < 1.29 is 28.5 Å². The van der Waals surface area contributed by atoms with Crippen molar-refractivity contribution in [1.82, 2.24) is 10.6 Å². The van der Waals surface area contributed by atoms with Crippen molar-refractivity contribution in [2.75, 3.05) is 31.5 Å². The number of amides is 3. The molecule has 9 nitrogen and oxygen atoms in total. The van der Waals surface area contributed by atoms with Gasteiger partial charge in [0.2, 0.25) is 12.7 Å². The second kappa shape index (κ2) is 7.66. The molecule has 3 heterocycles. The molecule has 2 aromatic carbocycles. The number of carbonyl (C=O) groups is 2. The standard InChI is InChI=1S/C21H21N3O6/c25-20-8-14(11-24(20)15-2-4-16-19(9-15)28-6-5-27-16)23-21(26)22-10-13-1-3-17-18(7-13)30-12-29-17/h1-4,7,9,14H,5-6,8,10-12H2,(H2,22,23,26)/t14-/m1/s1. The van der Waals surface area contributed by atoms with Gasteiger partial charge in [-0.25, -0.2) is 4.79 Å². The molecule has 2 aromatic rings. The van der Waals surface area contributed by atoms with E-state index >= 15 is 0 Å². The number of nitrogens with one attached hydrogen (secondary N) is 2. The number of urea groups is 1. The van der Waals surface area contributed by atoms with Gasteiger partial charge in [-0.2, -0.15) is 0 Å². The summed E-state index contributed by atoms with van der Waals surface area (Å²) in [6.45, 7) is 1.95. The Labute approximate surface area is 172 Å². The van der Waals surface area contributed by atoms with Crippen molar-refractivity contribution in [1.29, 1.82) is 0 Å². The molecule has 2 N–H and O–H groups in total. The minimum atomic E-state index is -0.325. The first kappa shape index (κ1) is 18.4. The zero-order valence-electron chi connectivity index (χ0n) is 16.2. The normalized spacial score (nSPS) is 19.0. The van der Waals surface area contributed by atoms with Gasteiger partial charge in [-0.05, 0) is 29.8 Å². The van der Waals surface area contributed by atoms with Crippen LogP contribution in [0.3, 0.4) is 0 Å². The highest BCUT2D eigenvalue weighted by molar-refractivity contribution is 5.97. The molecule has 0 bridgehead atoms. The Bertz CT molecular complexity index is 995. The lowest BCUT2D eigenvalue weighted by Crippen LogP contribution is -2.43. The molecule has 1 atom stereocenters. The molecule has 0 aliphatic carbocycles. The summed E-state index contributed by atoms with van der Waals surface area (Å²) in [5.74, 6) is 2.63. The van der Waals surface area contributed by atoms with Crippen LogP contribution in [0.1, 0.15) is 12.0 Å². The molecule has 156 valence electrons. The van der Waals surface area contributed by atoms with Crippen molar-refractivity contribution >= 4 is 17.6 Å². The van der Waals surface area contributed by atoms with Crippen LogP contribution in [0.2, 0.25) is 0 Å². The number of hydrogen-bond donors (Lipinski definition) is 2. The fourth-order valence-corrected chi connectivity index (χ4v) is 3.72. The smallest absolute Gasteiger partial charge is 0.315 e. The largest absolute Gasteiger partial charge is 0.486 e. The third kappa shape index (κ3) is 3.66. The van der Waals surface area contributed by atoms with Crippen LogP contribution in [0, 0.1) is 0 Å². The predicted molar refractivity (Wildman–Crippen MR) is 106 cm³/mol. The number of anilines is 1. The van der Waals surface area contributed by atoms with Crippen molar-refractivity contribution in [3.63, 3.8) is 0 Å². The van der Waals surface area contributed by atoms with E-state index in [9.17, 15) is 9.59 Å². The van der Waals surface area contributed by atoms with Gasteiger partial charge in [0.05, 0.1) is 6.04 Å². The summed E-state index contributed by atoms with van der Waals surface area (Å²) in [6, 6.07) is 10.4. The summed E-state index contributed by atoms with van der Waals surface area (Å²) in [5.41, 5.74) is 1.63. The maximum Gasteiger partial charge on any atom is 0.315 e. The third-order valence-electron chi connectivity index (χ3n) is 5.19. The SMILES string of the molecule is O=C(NCc1ccc2c(c1)OCO2)N[C@@H]1CC(=O)N(c2ccc3c(c2)OCCO3)C1. The quantitative estimate of drug-likeness (QED) is 0.796. The van der Waals surface area contributed by atoms with Gasteiger partial charge >= 0.3 is 6.03 Å². The first-order valence-corrected chi connectivity index (χ1v) is 9.78. The minimum Gasteiger partial charge on any atom is -0.486 e. The molecule has 30 heavy (non-hydrogen) atoms. The summed E-state index contributed by atoms with van der Waals surface area (Å²) in [5, 5.41) is 5.68. The highest BCUT2D eigenvalue weighted by atomic mass is 16.7. The molecule has 5 rings (SSSR count). The number of ether oxygens (including phenoxy) is 4. The fraction of sp³-hybridized carbons (Fsp3) is 0.333. The molecule has 0 unspecified atom stereocenters. The molecule has 3 aliphatic heterocycles. The molecule has 1 fully saturated rings. The lowest BCUT2D eigenvalue weighted by Gasteiger charge is -2.22. The van der Waals surface area contributed by atoms with Crippen LogP contribution >= 0.6 is 0 Å². The van der Waals surface area contributed by atoms with Gasteiger partial charge in [-0.3, -0.25) is 4.79 Å². The molecular weight excluding hydrogens is 390 g/mol. The van der Waals surface area contributed by atoms with E-state index in [4.69, 9.17) is 18.9 Å². The number of hydrogen-bond acceptors (Lipinski definition) is 6. The number of fused-ring (bicyclic) bond motifs is 2.